The number of fused-ring (bicyclic) bond motifs is 1. The van der Waals surface area contributed by atoms with Crippen LogP contribution in [0.2, 0.25) is 0 Å². The first kappa shape index (κ1) is 27.4. The number of nitrogens with zero attached hydrogens (tertiary/aromatic N) is 1. The Morgan fingerprint density at radius 3 is 2.37 bits per heavy atom. The zero-order valence-corrected chi connectivity index (χ0v) is 23.4. The summed E-state index contributed by atoms with van der Waals surface area (Å²) in [6.07, 6.45) is 1.10. The number of amides is 1. The van der Waals surface area contributed by atoms with E-state index in [2.05, 4.69) is 38.3 Å². The lowest BCUT2D eigenvalue weighted by Gasteiger charge is -2.38. The molecule has 2 aromatic carbocycles. The average Bonchev–Trinajstić information content (AvgIpc) is 3.00. The van der Waals surface area contributed by atoms with Crippen LogP contribution in [0.3, 0.4) is 0 Å². The number of ketones is 1. The Kier molecular flexibility index (Phi) is 7.90. The lowest BCUT2D eigenvalue weighted by molar-refractivity contribution is -0.120. The molecule has 8 heteroatoms. The van der Waals surface area contributed by atoms with Gasteiger partial charge in [0.05, 0.1) is 45.3 Å². The van der Waals surface area contributed by atoms with Crippen LogP contribution in [0, 0.1) is 11.3 Å². The number of benzene rings is 2. The molecule has 38 heavy (non-hydrogen) atoms. The molecule has 2 aliphatic rings. The molecule has 1 unspecified atom stereocenters. The van der Waals surface area contributed by atoms with Crippen LogP contribution in [-0.4, -0.2) is 46.1 Å². The SMILES string of the molecule is COc1cc(OC)c(C2C3=C(CC(C)(C)CC3=O)Nc3ccccc3N2CC(=O)NCC(C)C)cc1OC. The van der Waals surface area contributed by atoms with Crippen molar-refractivity contribution in [3.05, 3.63) is 53.2 Å². The number of allylic oxidation sites excluding steroid dienone is 1. The van der Waals surface area contributed by atoms with Gasteiger partial charge in [-0.05, 0) is 36.0 Å². The van der Waals surface area contributed by atoms with Crippen molar-refractivity contribution in [2.75, 3.05) is 44.6 Å². The summed E-state index contributed by atoms with van der Waals surface area (Å²) < 4.78 is 17.0. The second-order valence-corrected chi connectivity index (χ2v) is 11.2. The molecule has 0 saturated heterocycles. The summed E-state index contributed by atoms with van der Waals surface area (Å²) in [4.78, 5) is 29.2. The first-order valence-corrected chi connectivity index (χ1v) is 13.0. The third kappa shape index (κ3) is 5.44. The van der Waals surface area contributed by atoms with Gasteiger partial charge < -0.3 is 29.7 Å². The maximum atomic E-state index is 13.9. The number of carbonyl (C=O) groups excluding carboxylic acids is 2. The van der Waals surface area contributed by atoms with Crippen molar-refractivity contribution < 1.29 is 23.8 Å². The van der Waals surface area contributed by atoms with Crippen LogP contribution < -0.4 is 29.7 Å². The van der Waals surface area contributed by atoms with Gasteiger partial charge in [0.15, 0.2) is 17.3 Å². The van der Waals surface area contributed by atoms with Crippen molar-refractivity contribution in [1.29, 1.82) is 0 Å². The fraction of sp³-hybridized carbons (Fsp3) is 0.467. The topological polar surface area (TPSA) is 89.1 Å². The van der Waals surface area contributed by atoms with Crippen LogP contribution in [-0.2, 0) is 9.59 Å². The van der Waals surface area contributed by atoms with Crippen molar-refractivity contribution in [2.24, 2.45) is 11.3 Å². The van der Waals surface area contributed by atoms with Gasteiger partial charge >= 0.3 is 0 Å². The zero-order valence-electron chi connectivity index (χ0n) is 23.4. The number of rotatable bonds is 8. The summed E-state index contributed by atoms with van der Waals surface area (Å²) in [7, 11) is 4.74. The molecule has 0 bridgehead atoms. The molecule has 8 nitrogen and oxygen atoms in total. The molecule has 0 spiro atoms. The predicted molar refractivity (Wildman–Crippen MR) is 149 cm³/mol. The Bertz CT molecular complexity index is 1250. The fourth-order valence-corrected chi connectivity index (χ4v) is 5.35. The first-order chi connectivity index (χ1) is 18.1. The molecule has 0 saturated carbocycles. The van der Waals surface area contributed by atoms with Gasteiger partial charge in [-0.2, -0.15) is 0 Å². The van der Waals surface area contributed by atoms with Gasteiger partial charge in [-0.1, -0.05) is 39.8 Å². The number of methoxy groups -OCH3 is 3. The average molecular weight is 522 g/mol. The molecule has 1 aliphatic carbocycles. The maximum absolute atomic E-state index is 13.9. The van der Waals surface area contributed by atoms with Gasteiger partial charge in [-0.15, -0.1) is 0 Å². The Balaban J connectivity index is 1.98. The largest absolute Gasteiger partial charge is 0.496 e. The fourth-order valence-electron chi connectivity index (χ4n) is 5.35. The number of hydrogen-bond acceptors (Lipinski definition) is 7. The van der Waals surface area contributed by atoms with Crippen molar-refractivity contribution in [1.82, 2.24) is 5.32 Å². The van der Waals surface area contributed by atoms with E-state index in [1.165, 1.54) is 0 Å². The van der Waals surface area contributed by atoms with E-state index < -0.39 is 6.04 Å². The molecule has 2 N–H and O–H groups in total. The molecule has 1 aliphatic heterocycles. The van der Waals surface area contributed by atoms with E-state index in [-0.39, 0.29) is 23.7 Å². The van der Waals surface area contributed by atoms with Crippen molar-refractivity contribution in [3.8, 4) is 17.2 Å². The minimum absolute atomic E-state index is 0.0472. The lowest BCUT2D eigenvalue weighted by atomic mass is 9.73. The number of para-hydroxylation sites is 2. The highest BCUT2D eigenvalue weighted by atomic mass is 16.5. The minimum Gasteiger partial charge on any atom is -0.496 e. The monoisotopic (exact) mass is 521 g/mol. The Labute approximate surface area is 225 Å². The normalized spacial score (nSPS) is 18.3. The van der Waals surface area contributed by atoms with Gasteiger partial charge in [-0.3, -0.25) is 9.59 Å². The quantitative estimate of drug-likeness (QED) is 0.500. The van der Waals surface area contributed by atoms with Gasteiger partial charge in [-0.25, -0.2) is 0 Å². The Morgan fingerprint density at radius 2 is 1.71 bits per heavy atom. The molecular weight excluding hydrogens is 482 g/mol. The summed E-state index contributed by atoms with van der Waals surface area (Å²) in [5.41, 5.74) is 3.71. The number of Topliss-reactive ketones (excluding diaryl/α,β-unsaturated/α-hetero) is 1. The molecule has 0 radical (unpaired) electrons. The highest BCUT2D eigenvalue weighted by molar-refractivity contribution is 6.02. The molecular formula is C30H39N3O5. The van der Waals surface area contributed by atoms with Crippen LogP contribution in [0.4, 0.5) is 11.4 Å². The van der Waals surface area contributed by atoms with E-state index in [9.17, 15) is 9.59 Å². The van der Waals surface area contributed by atoms with Crippen LogP contribution in [0.1, 0.15) is 52.1 Å². The number of carbonyl (C=O) groups is 2. The van der Waals surface area contributed by atoms with Crippen molar-refractivity contribution >= 4 is 23.1 Å². The van der Waals surface area contributed by atoms with E-state index in [1.54, 1.807) is 27.4 Å². The second kappa shape index (κ2) is 11.0. The molecule has 0 aromatic heterocycles. The van der Waals surface area contributed by atoms with E-state index in [0.717, 1.165) is 22.6 Å². The lowest BCUT2D eigenvalue weighted by Crippen LogP contribution is -2.42. The van der Waals surface area contributed by atoms with Crippen LogP contribution >= 0.6 is 0 Å². The van der Waals surface area contributed by atoms with E-state index in [1.807, 2.05) is 35.2 Å². The molecule has 204 valence electrons. The Hall–Kier alpha value is -3.68. The van der Waals surface area contributed by atoms with Crippen LogP contribution in [0.5, 0.6) is 17.2 Å². The van der Waals surface area contributed by atoms with E-state index >= 15 is 0 Å². The second-order valence-electron chi connectivity index (χ2n) is 11.2. The third-order valence-corrected chi connectivity index (χ3v) is 7.06. The van der Waals surface area contributed by atoms with Crippen molar-refractivity contribution in [2.45, 2.75) is 46.6 Å². The molecule has 1 heterocycles. The number of nitrogens with one attached hydrogen (secondary N) is 2. The minimum atomic E-state index is -0.593. The molecule has 0 fully saturated rings. The predicted octanol–water partition coefficient (Wildman–Crippen LogP) is 5.10. The number of anilines is 2. The molecule has 1 atom stereocenters. The summed E-state index contributed by atoms with van der Waals surface area (Å²) in [5, 5.41) is 6.62. The molecule has 1 amide bonds. The Morgan fingerprint density at radius 1 is 1.05 bits per heavy atom. The van der Waals surface area contributed by atoms with Gasteiger partial charge in [0.2, 0.25) is 5.91 Å². The maximum Gasteiger partial charge on any atom is 0.239 e. The number of hydrogen-bond donors (Lipinski definition) is 2. The highest BCUT2D eigenvalue weighted by Crippen LogP contribution is 2.51. The van der Waals surface area contributed by atoms with Crippen LogP contribution in [0.15, 0.2) is 47.7 Å². The van der Waals surface area contributed by atoms with Gasteiger partial charge in [0.1, 0.15) is 5.75 Å². The van der Waals surface area contributed by atoms with Crippen LogP contribution in [0.25, 0.3) is 0 Å². The first-order valence-electron chi connectivity index (χ1n) is 13.0. The third-order valence-electron chi connectivity index (χ3n) is 7.06. The summed E-state index contributed by atoms with van der Waals surface area (Å²) >= 11 is 0. The summed E-state index contributed by atoms with van der Waals surface area (Å²) in [6, 6.07) is 10.9. The van der Waals surface area contributed by atoms with Gasteiger partial charge in [0.25, 0.3) is 0 Å². The van der Waals surface area contributed by atoms with Gasteiger partial charge in [0, 0.05) is 35.9 Å². The molecule has 2 aromatic rings. The van der Waals surface area contributed by atoms with E-state index in [4.69, 9.17) is 14.2 Å². The molecule has 4 rings (SSSR count). The zero-order chi connectivity index (χ0) is 27.6. The summed E-state index contributed by atoms with van der Waals surface area (Å²) in [6.45, 7) is 8.95. The summed E-state index contributed by atoms with van der Waals surface area (Å²) in [5.74, 6) is 1.83. The standard InChI is InChI=1S/C30H39N3O5/c1-18(2)16-31-27(35)17-33-22-11-9-8-10-20(22)32-21-14-30(3,4)15-23(34)28(21)29(33)19-12-25(37-6)26(38-7)13-24(19)36-5/h8-13,18,29,32H,14-17H2,1-7H3,(H,31,35). The van der Waals surface area contributed by atoms with E-state index in [0.29, 0.717) is 48.1 Å². The van der Waals surface area contributed by atoms with Crippen molar-refractivity contribution in [3.63, 3.8) is 0 Å². The smallest absolute Gasteiger partial charge is 0.239 e. The number of ether oxygens (including phenoxy) is 3. The highest BCUT2D eigenvalue weighted by Gasteiger charge is 2.43.